The number of hydrogen-bond acceptors (Lipinski definition) is 12. The highest BCUT2D eigenvalue weighted by molar-refractivity contribution is 5.73. The lowest BCUT2D eigenvalue weighted by Crippen LogP contribution is -2.75. The van der Waals surface area contributed by atoms with Crippen LogP contribution in [0.2, 0.25) is 0 Å². The number of ether oxygens (including phenoxy) is 9. The second kappa shape index (κ2) is 5.07. The molecule has 6 rings (SSSR count). The molecular weight excluding hydrogens is 384 g/mol. The normalized spacial score (nSPS) is 40.9. The third kappa shape index (κ3) is 2.38. The van der Waals surface area contributed by atoms with Gasteiger partial charge in [-0.2, -0.15) is 0 Å². The molecule has 0 amide bonds. The maximum atomic E-state index is 12.3. The first-order valence-corrected chi connectivity index (χ1v) is 8.75. The van der Waals surface area contributed by atoms with Gasteiger partial charge in [-0.1, -0.05) is 5.57 Å². The smallest absolute Gasteiger partial charge is 0.399 e. The molecule has 12 heteroatoms. The van der Waals surface area contributed by atoms with Gasteiger partial charge in [0.1, 0.15) is 6.61 Å². The van der Waals surface area contributed by atoms with Crippen LogP contribution >= 0.6 is 0 Å². The molecule has 0 saturated carbocycles. The van der Waals surface area contributed by atoms with Crippen LogP contribution in [0.5, 0.6) is 0 Å². The number of rotatable bonds is 4. The molecule has 0 radical (unpaired) electrons. The van der Waals surface area contributed by atoms with E-state index in [-0.39, 0.29) is 31.7 Å². The standard InChI is InChI=1S/C16H14O12/c17-11-23-14(6-22-14)3-7(1-8-4-20-8)10(2-9-5-21-9)15(24-12(18)25-15)16(26-11)27-13(19)28-16/h8-9H,1-6H2/b10-7-. The minimum absolute atomic E-state index is 0.0491. The van der Waals surface area contributed by atoms with Crippen molar-refractivity contribution in [3.05, 3.63) is 11.1 Å². The molecule has 150 valence electrons. The molecule has 3 atom stereocenters. The van der Waals surface area contributed by atoms with Gasteiger partial charge in [-0.3, -0.25) is 0 Å². The van der Waals surface area contributed by atoms with E-state index in [0.29, 0.717) is 30.8 Å². The first-order chi connectivity index (χ1) is 13.4. The SMILES string of the molecule is O=C1OC2(CO2)C/C(CC2CO2)=C(/CC2CO2)C2(OC(=O)O2)C2(O1)OC(=O)O2. The summed E-state index contributed by atoms with van der Waals surface area (Å²) in [6.45, 7) is 1.21. The molecule has 28 heavy (non-hydrogen) atoms. The van der Waals surface area contributed by atoms with Gasteiger partial charge in [-0.15, -0.1) is 0 Å². The van der Waals surface area contributed by atoms with Crippen LogP contribution in [0, 0.1) is 0 Å². The van der Waals surface area contributed by atoms with Crippen LogP contribution in [-0.2, 0) is 42.6 Å². The van der Waals surface area contributed by atoms with Gasteiger partial charge >= 0.3 is 30.2 Å². The molecule has 3 unspecified atom stereocenters. The summed E-state index contributed by atoms with van der Waals surface area (Å²) in [6.07, 6.45) is -2.69. The van der Waals surface area contributed by atoms with Gasteiger partial charge in [0.15, 0.2) is 0 Å². The van der Waals surface area contributed by atoms with E-state index in [9.17, 15) is 14.4 Å². The van der Waals surface area contributed by atoms with Crippen LogP contribution in [0.3, 0.4) is 0 Å². The third-order valence-electron chi connectivity index (χ3n) is 5.26. The van der Waals surface area contributed by atoms with Crippen molar-refractivity contribution in [3.63, 3.8) is 0 Å². The molecule has 0 N–H and O–H groups in total. The lowest BCUT2D eigenvalue weighted by Gasteiger charge is -2.51. The minimum Gasteiger partial charge on any atom is -0.399 e. The van der Waals surface area contributed by atoms with Crippen LogP contribution in [0.25, 0.3) is 0 Å². The molecule has 6 aliphatic rings. The molecule has 0 aromatic heterocycles. The van der Waals surface area contributed by atoms with Crippen molar-refractivity contribution in [2.45, 2.75) is 49.0 Å². The summed E-state index contributed by atoms with van der Waals surface area (Å²) in [5.74, 6) is -5.76. The van der Waals surface area contributed by atoms with Crippen molar-refractivity contribution in [1.82, 2.24) is 0 Å². The zero-order valence-electron chi connectivity index (χ0n) is 14.3. The summed E-state index contributed by atoms with van der Waals surface area (Å²) >= 11 is 0. The highest BCUT2D eigenvalue weighted by atomic mass is 17.1. The Morgan fingerprint density at radius 2 is 1.32 bits per heavy atom. The Morgan fingerprint density at radius 1 is 0.786 bits per heavy atom. The van der Waals surface area contributed by atoms with Crippen LogP contribution in [0.1, 0.15) is 19.3 Å². The van der Waals surface area contributed by atoms with Crippen molar-refractivity contribution in [2.75, 3.05) is 19.8 Å². The molecule has 6 aliphatic heterocycles. The number of fused-ring (bicyclic) bond motifs is 1. The van der Waals surface area contributed by atoms with Crippen LogP contribution in [0.15, 0.2) is 11.1 Å². The average Bonchev–Trinajstić information content (AvgIpc) is 3.41. The van der Waals surface area contributed by atoms with Crippen LogP contribution in [0.4, 0.5) is 14.4 Å². The minimum atomic E-state index is -2.45. The molecular formula is C16H14O12. The Bertz CT molecular complexity index is 801. The van der Waals surface area contributed by atoms with E-state index >= 15 is 0 Å². The molecule has 0 aromatic rings. The highest BCUT2D eigenvalue weighted by Crippen LogP contribution is 2.55. The molecule has 5 saturated heterocycles. The molecule has 6 heterocycles. The van der Waals surface area contributed by atoms with E-state index in [2.05, 4.69) is 0 Å². The van der Waals surface area contributed by atoms with E-state index in [1.165, 1.54) is 0 Å². The quantitative estimate of drug-likeness (QED) is 0.286. The zero-order chi connectivity index (χ0) is 19.1. The Labute approximate surface area is 156 Å². The van der Waals surface area contributed by atoms with Crippen molar-refractivity contribution < 1.29 is 57.0 Å². The predicted octanol–water partition coefficient (Wildman–Crippen LogP) is 0.828. The summed E-state index contributed by atoms with van der Waals surface area (Å²) in [6, 6.07) is 0. The van der Waals surface area contributed by atoms with Gasteiger partial charge in [0, 0.05) is 18.4 Å². The van der Waals surface area contributed by atoms with Crippen LogP contribution < -0.4 is 0 Å². The lowest BCUT2D eigenvalue weighted by molar-refractivity contribution is -0.500. The van der Waals surface area contributed by atoms with Gasteiger partial charge < -0.3 is 42.6 Å². The van der Waals surface area contributed by atoms with Crippen LogP contribution in [-0.4, -0.2) is 68.0 Å². The Kier molecular flexibility index (Phi) is 2.97. The predicted molar refractivity (Wildman–Crippen MR) is 77.2 cm³/mol. The number of epoxide rings is 3. The summed E-state index contributed by atoms with van der Waals surface area (Å²) in [4.78, 5) is 35.4. The second-order valence-electron chi connectivity index (χ2n) is 7.31. The number of hydrogen-bond donors (Lipinski definition) is 0. The molecule has 12 nitrogen and oxygen atoms in total. The van der Waals surface area contributed by atoms with E-state index in [4.69, 9.17) is 42.6 Å². The Morgan fingerprint density at radius 3 is 1.82 bits per heavy atom. The maximum Gasteiger partial charge on any atom is 0.520 e. The third-order valence-corrected chi connectivity index (χ3v) is 5.26. The van der Waals surface area contributed by atoms with Gasteiger partial charge in [0.25, 0.3) is 0 Å². The fraction of sp³-hybridized carbons (Fsp3) is 0.688. The Balaban J connectivity index is 1.49. The summed E-state index contributed by atoms with van der Waals surface area (Å²) in [7, 11) is 0. The first-order valence-electron chi connectivity index (χ1n) is 8.75. The largest absolute Gasteiger partial charge is 0.520 e. The summed E-state index contributed by atoms with van der Waals surface area (Å²) in [5, 5.41) is 0. The fourth-order valence-corrected chi connectivity index (χ4v) is 3.72. The van der Waals surface area contributed by atoms with Crippen molar-refractivity contribution in [3.8, 4) is 0 Å². The topological polar surface area (TPSA) is 144 Å². The van der Waals surface area contributed by atoms with E-state index in [1.807, 2.05) is 0 Å². The summed E-state index contributed by atoms with van der Waals surface area (Å²) < 4.78 is 47.0. The molecule has 0 aliphatic carbocycles. The second-order valence-corrected chi connectivity index (χ2v) is 7.31. The number of carbonyl (C=O) groups excluding carboxylic acids is 3. The monoisotopic (exact) mass is 398 g/mol. The fourth-order valence-electron chi connectivity index (χ4n) is 3.72. The first kappa shape index (κ1) is 16.4. The maximum absolute atomic E-state index is 12.3. The number of carbonyl (C=O) groups is 3. The van der Waals surface area contributed by atoms with E-state index in [1.54, 1.807) is 0 Å². The molecule has 0 aromatic carbocycles. The van der Waals surface area contributed by atoms with Gasteiger partial charge in [0.05, 0.1) is 25.4 Å². The van der Waals surface area contributed by atoms with Crippen molar-refractivity contribution in [2.24, 2.45) is 0 Å². The lowest BCUT2D eigenvalue weighted by atomic mass is 9.86. The van der Waals surface area contributed by atoms with Gasteiger partial charge in [0.2, 0.25) is 5.79 Å². The molecule has 3 spiro atoms. The average molecular weight is 398 g/mol. The zero-order valence-corrected chi connectivity index (χ0v) is 14.3. The van der Waals surface area contributed by atoms with Crippen molar-refractivity contribution in [1.29, 1.82) is 0 Å². The Hall–Kier alpha value is -2.57. The molecule has 0 bridgehead atoms. The van der Waals surface area contributed by atoms with Crippen molar-refractivity contribution >= 4 is 18.5 Å². The molecule has 5 fully saturated rings. The van der Waals surface area contributed by atoms with Gasteiger partial charge in [-0.05, 0) is 6.42 Å². The van der Waals surface area contributed by atoms with E-state index < -0.39 is 36.0 Å². The van der Waals surface area contributed by atoms with E-state index in [0.717, 1.165) is 0 Å². The van der Waals surface area contributed by atoms with Gasteiger partial charge in [-0.25, -0.2) is 14.4 Å². The highest BCUT2D eigenvalue weighted by Gasteiger charge is 2.82. The summed E-state index contributed by atoms with van der Waals surface area (Å²) in [5.41, 5.74) is 1.11.